The Morgan fingerprint density at radius 2 is 2.16 bits per heavy atom. The fourth-order valence-electron chi connectivity index (χ4n) is 1.50. The number of aliphatic carboxylic acids is 1. The Balaban J connectivity index is 2.15. The van der Waals surface area contributed by atoms with Gasteiger partial charge in [-0.25, -0.2) is 4.98 Å². The number of rotatable bonds is 4. The Bertz CT molecular complexity index is 616. The molecule has 0 saturated carbocycles. The van der Waals surface area contributed by atoms with Gasteiger partial charge in [0.05, 0.1) is 20.7 Å². The zero-order valence-electron chi connectivity index (χ0n) is 9.64. The van der Waals surface area contributed by atoms with E-state index >= 15 is 0 Å². The second-order valence-corrected chi connectivity index (χ2v) is 5.66. The Morgan fingerprint density at radius 1 is 1.42 bits per heavy atom. The van der Waals surface area contributed by atoms with E-state index in [1.165, 1.54) is 11.3 Å². The third-order valence-electron chi connectivity index (χ3n) is 2.49. The lowest BCUT2D eigenvalue weighted by molar-refractivity contribution is -0.138. The number of hydrogen-bond donors (Lipinski definition) is 2. The van der Waals surface area contributed by atoms with E-state index in [1.807, 2.05) is 6.07 Å². The normalized spacial score (nSPS) is 12.4. The van der Waals surface area contributed by atoms with Crippen LogP contribution in [0.2, 0.25) is 10.0 Å². The number of carboxylic acids is 1. The first-order chi connectivity index (χ1) is 8.97. The smallest absolute Gasteiger partial charge is 0.326 e. The molecule has 1 unspecified atom stereocenters. The van der Waals surface area contributed by atoms with Gasteiger partial charge in [-0.1, -0.05) is 29.3 Å². The third kappa shape index (κ3) is 3.45. The third-order valence-corrected chi connectivity index (χ3v) is 4.10. The molecule has 0 radical (unpaired) electrons. The molecule has 1 heterocycles. The molecule has 0 aliphatic carbocycles. The first-order valence-corrected chi connectivity index (χ1v) is 6.97. The number of benzene rings is 1. The van der Waals surface area contributed by atoms with Gasteiger partial charge in [-0.2, -0.15) is 0 Å². The average molecular weight is 317 g/mol. The molecule has 1 aromatic carbocycles. The predicted octanol–water partition coefficient (Wildman–Crippen LogP) is 3.13. The summed E-state index contributed by atoms with van der Waals surface area (Å²) in [6.45, 7) is 0. The van der Waals surface area contributed by atoms with Gasteiger partial charge in [-0.3, -0.25) is 4.79 Å². The maximum atomic E-state index is 10.8. The molecule has 7 heteroatoms. The summed E-state index contributed by atoms with van der Waals surface area (Å²) >= 11 is 13.1. The summed E-state index contributed by atoms with van der Waals surface area (Å²) < 4.78 is 0. The summed E-state index contributed by atoms with van der Waals surface area (Å²) in [5.74, 6) is -1.09. The highest BCUT2D eigenvalue weighted by atomic mass is 35.5. The molecule has 4 nitrogen and oxygen atoms in total. The van der Waals surface area contributed by atoms with Crippen LogP contribution in [0.4, 0.5) is 0 Å². The number of aromatic nitrogens is 1. The van der Waals surface area contributed by atoms with E-state index in [2.05, 4.69) is 4.98 Å². The number of nitrogens with zero attached hydrogens (tertiary/aromatic N) is 1. The van der Waals surface area contributed by atoms with Gasteiger partial charge >= 0.3 is 5.97 Å². The van der Waals surface area contributed by atoms with Crippen LogP contribution in [0, 0.1) is 0 Å². The number of carbonyl (C=O) groups is 1. The second kappa shape index (κ2) is 5.88. The van der Waals surface area contributed by atoms with E-state index in [0.29, 0.717) is 22.2 Å². The Morgan fingerprint density at radius 3 is 2.79 bits per heavy atom. The number of thiazole rings is 1. The van der Waals surface area contributed by atoms with Gasteiger partial charge in [0.15, 0.2) is 0 Å². The Labute approximate surface area is 123 Å². The molecule has 0 aliphatic heterocycles. The summed E-state index contributed by atoms with van der Waals surface area (Å²) in [5, 5.41) is 12.2. The highest BCUT2D eigenvalue weighted by Crippen LogP contribution is 2.25. The minimum Gasteiger partial charge on any atom is -0.480 e. The van der Waals surface area contributed by atoms with Crippen molar-refractivity contribution in [2.24, 2.45) is 5.73 Å². The molecule has 0 fully saturated rings. The van der Waals surface area contributed by atoms with Crippen LogP contribution in [-0.2, 0) is 11.2 Å². The van der Waals surface area contributed by atoms with E-state index in [9.17, 15) is 4.79 Å². The van der Waals surface area contributed by atoms with Gasteiger partial charge in [0.2, 0.25) is 0 Å². The SMILES string of the molecule is NC(C(=O)O)c1csc(Cc2ccc(Cl)c(Cl)c2)n1. The van der Waals surface area contributed by atoms with Gasteiger partial charge in [0, 0.05) is 11.8 Å². The summed E-state index contributed by atoms with van der Waals surface area (Å²) in [6, 6.07) is 4.25. The van der Waals surface area contributed by atoms with Gasteiger partial charge in [-0.05, 0) is 17.7 Å². The summed E-state index contributed by atoms with van der Waals surface area (Å²) in [7, 11) is 0. The lowest BCUT2D eigenvalue weighted by atomic mass is 10.1. The number of hydrogen-bond acceptors (Lipinski definition) is 4. The zero-order valence-corrected chi connectivity index (χ0v) is 12.0. The minimum atomic E-state index is -1.09. The van der Waals surface area contributed by atoms with Crippen molar-refractivity contribution < 1.29 is 9.90 Å². The second-order valence-electron chi connectivity index (χ2n) is 3.91. The molecule has 1 atom stereocenters. The van der Waals surface area contributed by atoms with Crippen molar-refractivity contribution in [3.63, 3.8) is 0 Å². The van der Waals surface area contributed by atoms with Gasteiger partial charge in [-0.15, -0.1) is 11.3 Å². The molecule has 0 aliphatic rings. The van der Waals surface area contributed by atoms with Crippen LogP contribution in [0.3, 0.4) is 0 Å². The summed E-state index contributed by atoms with van der Waals surface area (Å²) in [5.41, 5.74) is 6.82. The maximum absolute atomic E-state index is 10.8. The molecule has 2 rings (SSSR count). The van der Waals surface area contributed by atoms with E-state index in [4.69, 9.17) is 34.0 Å². The van der Waals surface area contributed by atoms with Gasteiger partial charge in [0.25, 0.3) is 0 Å². The molecule has 0 bridgehead atoms. The van der Waals surface area contributed by atoms with Crippen molar-refractivity contribution in [3.05, 3.63) is 49.9 Å². The first kappa shape index (κ1) is 14.3. The number of carboxylic acid groups (broad SMARTS) is 1. The van der Waals surface area contributed by atoms with E-state index in [0.717, 1.165) is 10.6 Å². The molecular weight excluding hydrogens is 307 g/mol. The summed E-state index contributed by atoms with van der Waals surface area (Å²) in [4.78, 5) is 15.0. The molecule has 100 valence electrons. The van der Waals surface area contributed by atoms with Crippen LogP contribution in [0.1, 0.15) is 22.3 Å². The van der Waals surface area contributed by atoms with E-state index in [-0.39, 0.29) is 0 Å². The van der Waals surface area contributed by atoms with Crippen molar-refractivity contribution in [1.82, 2.24) is 4.98 Å². The van der Waals surface area contributed by atoms with E-state index in [1.54, 1.807) is 17.5 Å². The van der Waals surface area contributed by atoms with Gasteiger partial charge in [0.1, 0.15) is 6.04 Å². The van der Waals surface area contributed by atoms with Crippen LogP contribution in [0.15, 0.2) is 23.6 Å². The van der Waals surface area contributed by atoms with Crippen molar-refractivity contribution in [1.29, 1.82) is 0 Å². The Hall–Kier alpha value is -1.14. The molecule has 1 aromatic heterocycles. The highest BCUT2D eigenvalue weighted by molar-refractivity contribution is 7.09. The molecule has 0 spiro atoms. The summed E-state index contributed by atoms with van der Waals surface area (Å²) in [6.07, 6.45) is 0.563. The topological polar surface area (TPSA) is 76.2 Å². The average Bonchev–Trinajstić information content (AvgIpc) is 2.81. The van der Waals surface area contributed by atoms with Crippen LogP contribution in [0.5, 0.6) is 0 Å². The molecule has 0 amide bonds. The lowest BCUT2D eigenvalue weighted by Crippen LogP contribution is -2.20. The highest BCUT2D eigenvalue weighted by Gasteiger charge is 2.17. The molecule has 19 heavy (non-hydrogen) atoms. The van der Waals surface area contributed by atoms with Crippen molar-refractivity contribution in [2.45, 2.75) is 12.5 Å². The van der Waals surface area contributed by atoms with Crippen LogP contribution < -0.4 is 5.73 Å². The Kier molecular flexibility index (Phi) is 4.42. The minimum absolute atomic E-state index is 0.368. The van der Waals surface area contributed by atoms with Crippen molar-refractivity contribution >= 4 is 40.5 Å². The van der Waals surface area contributed by atoms with Crippen LogP contribution >= 0.6 is 34.5 Å². The quantitative estimate of drug-likeness (QED) is 0.908. The fraction of sp³-hybridized carbons (Fsp3) is 0.167. The number of halogens is 2. The predicted molar refractivity (Wildman–Crippen MR) is 75.9 cm³/mol. The molecular formula is C12H10Cl2N2O2S. The van der Waals surface area contributed by atoms with E-state index < -0.39 is 12.0 Å². The van der Waals surface area contributed by atoms with Crippen molar-refractivity contribution in [3.8, 4) is 0 Å². The molecule has 3 N–H and O–H groups in total. The first-order valence-electron chi connectivity index (χ1n) is 5.34. The lowest BCUT2D eigenvalue weighted by Gasteiger charge is -2.02. The van der Waals surface area contributed by atoms with Gasteiger partial charge < -0.3 is 10.8 Å². The standard InChI is InChI=1S/C12H10Cl2N2O2S/c13-7-2-1-6(3-8(7)14)4-10-16-9(5-19-10)11(15)12(17)18/h1-3,5,11H,4,15H2,(H,17,18). The monoisotopic (exact) mass is 316 g/mol. The zero-order chi connectivity index (χ0) is 14.0. The maximum Gasteiger partial charge on any atom is 0.326 e. The van der Waals surface area contributed by atoms with Crippen LogP contribution in [-0.4, -0.2) is 16.1 Å². The fourth-order valence-corrected chi connectivity index (χ4v) is 2.68. The van der Waals surface area contributed by atoms with Crippen LogP contribution in [0.25, 0.3) is 0 Å². The largest absolute Gasteiger partial charge is 0.480 e. The van der Waals surface area contributed by atoms with Crippen molar-refractivity contribution in [2.75, 3.05) is 0 Å². The molecule has 0 saturated heterocycles. The molecule has 2 aromatic rings. The number of nitrogens with two attached hydrogens (primary N) is 1.